The van der Waals surface area contributed by atoms with E-state index < -0.39 is 0 Å². The Hall–Kier alpha value is 0.340. The highest BCUT2D eigenvalue weighted by atomic mass is 33.7. The molecule has 0 saturated carbocycles. The van der Waals surface area contributed by atoms with Crippen molar-refractivity contribution in [3.8, 4) is 0 Å². The summed E-state index contributed by atoms with van der Waals surface area (Å²) in [6, 6.07) is 0. The molecular weight excluding hydrogens is 553 g/mol. The van der Waals surface area contributed by atoms with Crippen molar-refractivity contribution < 1.29 is 19.1 Å². The van der Waals surface area contributed by atoms with Crippen molar-refractivity contribution in [2.24, 2.45) is 0 Å². The summed E-state index contributed by atoms with van der Waals surface area (Å²) >= 11 is 0. The Bertz CT molecular complexity index is 465. The second-order valence-electron chi connectivity index (χ2n) is 10.1. The van der Waals surface area contributed by atoms with Gasteiger partial charge in [-0.25, -0.2) is 0 Å². The molecule has 38 heavy (non-hydrogen) atoms. The number of esters is 2. The van der Waals surface area contributed by atoms with Gasteiger partial charge in [-0.2, -0.15) is 0 Å². The van der Waals surface area contributed by atoms with E-state index in [4.69, 9.17) is 9.47 Å². The van der Waals surface area contributed by atoms with E-state index in [0.717, 1.165) is 37.2 Å². The molecule has 0 unspecified atom stereocenters. The average molecular weight is 611 g/mol. The molecule has 0 N–H and O–H groups in total. The molecule has 0 aliphatic heterocycles. The largest absolute Gasteiger partial charge is 0.466 e. The van der Waals surface area contributed by atoms with Gasteiger partial charge in [-0.1, -0.05) is 151 Å². The maximum absolute atomic E-state index is 11.8. The lowest BCUT2D eigenvalue weighted by atomic mass is 10.1. The van der Waals surface area contributed by atoms with Gasteiger partial charge in [0.05, 0.1) is 26.1 Å². The highest BCUT2D eigenvalue weighted by Crippen LogP contribution is 2.43. The molecule has 8 heteroatoms. The predicted octanol–water partition coefficient (Wildman–Crippen LogP) is 11.4. The van der Waals surface area contributed by atoms with Crippen molar-refractivity contribution in [2.75, 3.05) is 24.7 Å². The summed E-state index contributed by atoms with van der Waals surface area (Å²) in [7, 11) is 6.67. The lowest BCUT2D eigenvalue weighted by Crippen LogP contribution is -2.06. The first-order chi connectivity index (χ1) is 18.7. The maximum atomic E-state index is 11.8. The lowest BCUT2D eigenvalue weighted by Gasteiger charge is -2.06. The molecule has 0 heterocycles. The number of unbranched alkanes of at least 4 members (excludes halogenated alkanes) is 18. The molecule has 0 aliphatic carbocycles. The van der Waals surface area contributed by atoms with Gasteiger partial charge in [-0.3, -0.25) is 9.59 Å². The van der Waals surface area contributed by atoms with Crippen LogP contribution in [0.15, 0.2) is 0 Å². The first kappa shape index (κ1) is 38.3. The minimum absolute atomic E-state index is 0.0863. The summed E-state index contributed by atoms with van der Waals surface area (Å²) in [5.41, 5.74) is 0. The first-order valence-corrected chi connectivity index (χ1v) is 20.7. The van der Waals surface area contributed by atoms with Crippen LogP contribution in [0.5, 0.6) is 0 Å². The van der Waals surface area contributed by atoms with E-state index in [1.54, 1.807) is 41.2 Å². The number of rotatable bonds is 31. The van der Waals surface area contributed by atoms with Crippen LogP contribution in [0.2, 0.25) is 0 Å². The minimum Gasteiger partial charge on any atom is -0.466 e. The van der Waals surface area contributed by atoms with Crippen molar-refractivity contribution >= 4 is 53.2 Å². The molecule has 0 aromatic heterocycles. The van der Waals surface area contributed by atoms with Gasteiger partial charge in [0.1, 0.15) is 0 Å². The quantitative estimate of drug-likeness (QED) is 0.0436. The second kappa shape index (κ2) is 33.5. The molecule has 0 atom stereocenters. The summed E-state index contributed by atoms with van der Waals surface area (Å²) < 4.78 is 10.7. The van der Waals surface area contributed by atoms with Crippen LogP contribution >= 0.6 is 41.2 Å². The molecule has 0 aromatic rings. The Morgan fingerprint density at radius 3 is 1.05 bits per heavy atom. The van der Waals surface area contributed by atoms with Gasteiger partial charge in [0.25, 0.3) is 0 Å². The molecule has 4 nitrogen and oxygen atoms in total. The molecule has 0 amide bonds. The number of carbonyl (C=O) groups is 2. The summed E-state index contributed by atoms with van der Waals surface area (Å²) in [4.78, 5) is 23.6. The Morgan fingerprint density at radius 2 is 0.737 bits per heavy atom. The van der Waals surface area contributed by atoms with Crippen molar-refractivity contribution in [3.05, 3.63) is 0 Å². The summed E-state index contributed by atoms with van der Waals surface area (Å²) in [6.07, 6.45) is 26.7. The van der Waals surface area contributed by atoms with Crippen LogP contribution in [0.3, 0.4) is 0 Å². The van der Waals surface area contributed by atoms with E-state index in [-0.39, 0.29) is 11.9 Å². The molecule has 0 spiro atoms. The molecule has 0 radical (unpaired) electrons. The van der Waals surface area contributed by atoms with Crippen LogP contribution in [0.1, 0.15) is 155 Å². The molecule has 0 aliphatic rings. The third kappa shape index (κ3) is 32.6. The Kier molecular flexibility index (Phi) is 33.8. The number of ether oxygens (including phenoxy) is 2. The third-order valence-electron chi connectivity index (χ3n) is 6.42. The van der Waals surface area contributed by atoms with E-state index >= 15 is 0 Å². The molecular formula is C30H58O4S4. The summed E-state index contributed by atoms with van der Waals surface area (Å²) in [5.74, 6) is 1.35. The van der Waals surface area contributed by atoms with Gasteiger partial charge in [0, 0.05) is 11.5 Å². The van der Waals surface area contributed by atoms with Gasteiger partial charge in [0.2, 0.25) is 0 Å². The van der Waals surface area contributed by atoms with Gasteiger partial charge < -0.3 is 9.47 Å². The van der Waals surface area contributed by atoms with E-state index in [9.17, 15) is 9.59 Å². The lowest BCUT2D eigenvalue weighted by molar-refractivity contribution is -0.144. The van der Waals surface area contributed by atoms with Gasteiger partial charge in [0.15, 0.2) is 0 Å². The molecule has 0 saturated heterocycles. The van der Waals surface area contributed by atoms with Gasteiger partial charge >= 0.3 is 11.9 Å². The zero-order valence-electron chi connectivity index (χ0n) is 24.7. The Labute approximate surface area is 251 Å². The summed E-state index contributed by atoms with van der Waals surface area (Å²) in [6.45, 7) is 5.64. The fraction of sp³-hybridized carbons (Fsp3) is 0.933. The van der Waals surface area contributed by atoms with Crippen LogP contribution < -0.4 is 0 Å². The van der Waals surface area contributed by atoms with Crippen molar-refractivity contribution in [1.29, 1.82) is 0 Å². The van der Waals surface area contributed by atoms with Crippen LogP contribution in [-0.2, 0) is 19.1 Å². The van der Waals surface area contributed by atoms with Gasteiger partial charge in [-0.05, 0) is 32.5 Å². The standard InChI is InChI=1S/C30H58O4S4/c1-3-5-7-9-11-13-15-17-19-21-25-33-29(31)23-27-35-37-38-36-28-24-30(32)34-26-22-20-18-16-14-12-10-8-6-4-2/h3-28H2,1-2H3. The van der Waals surface area contributed by atoms with Crippen LogP contribution in [-0.4, -0.2) is 36.7 Å². The highest BCUT2D eigenvalue weighted by Gasteiger charge is 2.05. The normalized spacial score (nSPS) is 11.1. The minimum atomic E-state index is -0.0863. The maximum Gasteiger partial charge on any atom is 0.306 e. The van der Waals surface area contributed by atoms with E-state index in [1.165, 1.54) is 103 Å². The Balaban J connectivity index is 3.25. The number of hydrogen-bond donors (Lipinski definition) is 0. The molecule has 226 valence electrons. The zero-order valence-corrected chi connectivity index (χ0v) is 27.9. The SMILES string of the molecule is CCCCCCCCCCCCOC(=O)CCSSSSCCC(=O)OCCCCCCCCCCCC. The van der Waals surface area contributed by atoms with Crippen molar-refractivity contribution in [1.82, 2.24) is 0 Å². The zero-order chi connectivity index (χ0) is 27.8. The average Bonchev–Trinajstić information content (AvgIpc) is 2.91. The van der Waals surface area contributed by atoms with E-state index in [2.05, 4.69) is 13.8 Å². The fourth-order valence-corrected chi connectivity index (χ4v) is 9.96. The topological polar surface area (TPSA) is 52.6 Å². The monoisotopic (exact) mass is 610 g/mol. The second-order valence-corrected chi connectivity index (χ2v) is 16.3. The molecule has 0 bridgehead atoms. The van der Waals surface area contributed by atoms with Crippen LogP contribution in [0.4, 0.5) is 0 Å². The first-order valence-electron chi connectivity index (χ1n) is 15.6. The molecule has 0 rings (SSSR count). The highest BCUT2D eigenvalue weighted by molar-refractivity contribution is 9.26. The molecule has 0 aromatic carbocycles. The van der Waals surface area contributed by atoms with Crippen LogP contribution in [0, 0.1) is 0 Å². The Morgan fingerprint density at radius 1 is 0.447 bits per heavy atom. The number of carbonyl (C=O) groups excluding carboxylic acids is 2. The third-order valence-corrected chi connectivity index (χ3v) is 12.9. The van der Waals surface area contributed by atoms with Crippen molar-refractivity contribution in [3.63, 3.8) is 0 Å². The summed E-state index contributed by atoms with van der Waals surface area (Å²) in [5, 5.41) is 0. The van der Waals surface area contributed by atoms with E-state index in [0.29, 0.717) is 26.1 Å². The fourth-order valence-electron chi connectivity index (χ4n) is 4.05. The van der Waals surface area contributed by atoms with E-state index in [1.807, 2.05) is 0 Å². The van der Waals surface area contributed by atoms with Crippen LogP contribution in [0.25, 0.3) is 0 Å². The predicted molar refractivity (Wildman–Crippen MR) is 175 cm³/mol. The van der Waals surface area contributed by atoms with Gasteiger partial charge in [-0.15, -0.1) is 0 Å². The smallest absolute Gasteiger partial charge is 0.306 e. The molecule has 0 fully saturated rings. The number of hydrogen-bond acceptors (Lipinski definition) is 8. The van der Waals surface area contributed by atoms with Crippen molar-refractivity contribution in [2.45, 2.75) is 155 Å².